The minimum Gasteiger partial charge on any atom is -0.465 e. The molecule has 0 radical (unpaired) electrons. The zero-order valence-electron chi connectivity index (χ0n) is 14.2. The number of thiol groups is 2. The highest BCUT2D eigenvalue weighted by Gasteiger charge is 2.75. The highest BCUT2D eigenvalue weighted by Crippen LogP contribution is 2.71. The Morgan fingerprint density at radius 3 is 2.64 bits per heavy atom. The highest BCUT2D eigenvalue weighted by atomic mass is 32.1. The fraction of sp³-hybridized carbons (Fsp3) is 0.895. The summed E-state index contributed by atoms with van der Waals surface area (Å²) in [5.74, 6) is 2.10. The molecule has 4 aliphatic carbocycles. The van der Waals surface area contributed by atoms with Crippen LogP contribution in [0, 0.1) is 52.8 Å². The zero-order valence-corrected chi connectivity index (χ0v) is 16.0. The molecule has 2 saturated heterocycles. The SMILES string of the molecule is CC1C(S)C2CC1C1C(=O)OC(C34CC(S)C(C3)C3COC(=O)C34)C21. The number of hydrogen-bond donors (Lipinski definition) is 2. The molecule has 25 heavy (non-hydrogen) atoms. The van der Waals surface area contributed by atoms with E-state index in [0.29, 0.717) is 35.5 Å². The molecule has 136 valence electrons. The van der Waals surface area contributed by atoms with E-state index in [-0.39, 0.29) is 52.4 Å². The Balaban J connectivity index is 1.43. The second kappa shape index (κ2) is 4.73. The molecule has 2 heterocycles. The molecule has 0 spiro atoms. The van der Waals surface area contributed by atoms with Crippen molar-refractivity contribution >= 4 is 37.2 Å². The summed E-state index contributed by atoms with van der Waals surface area (Å²) in [5.41, 5.74) is -0.244. The van der Waals surface area contributed by atoms with Crippen LogP contribution < -0.4 is 0 Å². The number of cyclic esters (lactones) is 2. The fourth-order valence-corrected chi connectivity index (χ4v) is 9.33. The third-order valence-electron chi connectivity index (χ3n) is 8.97. The molecule has 0 amide bonds. The average molecular weight is 381 g/mol. The number of carbonyl (C=O) groups is 2. The van der Waals surface area contributed by atoms with Gasteiger partial charge in [-0.2, -0.15) is 25.3 Å². The van der Waals surface area contributed by atoms with E-state index >= 15 is 0 Å². The van der Waals surface area contributed by atoms with Gasteiger partial charge in [-0.25, -0.2) is 0 Å². The van der Waals surface area contributed by atoms with Gasteiger partial charge in [0.15, 0.2) is 0 Å². The van der Waals surface area contributed by atoms with Crippen molar-refractivity contribution in [2.45, 2.75) is 42.8 Å². The predicted molar refractivity (Wildman–Crippen MR) is 96.3 cm³/mol. The van der Waals surface area contributed by atoms with Gasteiger partial charge >= 0.3 is 11.9 Å². The van der Waals surface area contributed by atoms with Gasteiger partial charge in [-0.1, -0.05) is 6.92 Å². The fourth-order valence-electron chi connectivity index (χ4n) is 8.12. The van der Waals surface area contributed by atoms with E-state index in [1.807, 2.05) is 0 Å². The second-order valence-electron chi connectivity index (χ2n) is 9.52. The van der Waals surface area contributed by atoms with Crippen LogP contribution in [0.5, 0.6) is 0 Å². The summed E-state index contributed by atoms with van der Waals surface area (Å²) in [4.78, 5) is 25.4. The maximum Gasteiger partial charge on any atom is 0.310 e. The van der Waals surface area contributed by atoms with Crippen LogP contribution >= 0.6 is 25.3 Å². The molecule has 6 fully saturated rings. The number of fused-ring (bicyclic) bond motifs is 10. The smallest absolute Gasteiger partial charge is 0.310 e. The monoisotopic (exact) mass is 380 g/mol. The molecule has 0 aromatic carbocycles. The molecule has 4 nitrogen and oxygen atoms in total. The normalized spacial score (nSPS) is 63.7. The van der Waals surface area contributed by atoms with Crippen LogP contribution in [0.4, 0.5) is 0 Å². The summed E-state index contributed by atoms with van der Waals surface area (Å²) in [6.07, 6.45) is 2.81. The largest absolute Gasteiger partial charge is 0.465 e. The molecule has 12 atom stereocenters. The molecule has 0 N–H and O–H groups in total. The Morgan fingerprint density at radius 1 is 1.04 bits per heavy atom. The van der Waals surface area contributed by atoms with Gasteiger partial charge in [-0.15, -0.1) is 0 Å². The first-order valence-electron chi connectivity index (χ1n) is 9.67. The molecule has 6 heteroatoms. The molecule has 0 aromatic rings. The predicted octanol–water partition coefficient (Wildman–Crippen LogP) is 2.23. The van der Waals surface area contributed by atoms with Crippen molar-refractivity contribution in [3.05, 3.63) is 0 Å². The highest BCUT2D eigenvalue weighted by molar-refractivity contribution is 7.81. The van der Waals surface area contributed by atoms with Crippen molar-refractivity contribution in [3.8, 4) is 0 Å². The first-order chi connectivity index (χ1) is 11.9. The lowest BCUT2D eigenvalue weighted by molar-refractivity contribution is -0.158. The molecular formula is C19H24O4S2. The van der Waals surface area contributed by atoms with E-state index in [0.717, 1.165) is 19.3 Å². The molecule has 2 aliphatic heterocycles. The maximum absolute atomic E-state index is 12.8. The Labute approximate surface area is 158 Å². The van der Waals surface area contributed by atoms with Crippen molar-refractivity contribution in [2.24, 2.45) is 52.8 Å². The topological polar surface area (TPSA) is 52.6 Å². The molecule has 6 rings (SSSR count). The quantitative estimate of drug-likeness (QED) is 0.541. The molecule has 6 aliphatic rings. The van der Waals surface area contributed by atoms with Crippen LogP contribution in [-0.2, 0) is 19.1 Å². The Morgan fingerprint density at radius 2 is 1.84 bits per heavy atom. The summed E-state index contributed by atoms with van der Waals surface area (Å²) in [6, 6.07) is 0. The van der Waals surface area contributed by atoms with Crippen LogP contribution in [0.1, 0.15) is 26.2 Å². The summed E-state index contributed by atoms with van der Waals surface area (Å²) >= 11 is 9.73. The molecular weight excluding hydrogens is 356 g/mol. The van der Waals surface area contributed by atoms with Crippen LogP contribution in [0.3, 0.4) is 0 Å². The van der Waals surface area contributed by atoms with Gasteiger partial charge in [0.25, 0.3) is 0 Å². The van der Waals surface area contributed by atoms with Crippen LogP contribution in [0.2, 0.25) is 0 Å². The number of ether oxygens (including phenoxy) is 2. The molecule has 4 bridgehead atoms. The summed E-state index contributed by atoms with van der Waals surface area (Å²) < 4.78 is 11.5. The number of hydrogen-bond acceptors (Lipinski definition) is 6. The van der Waals surface area contributed by atoms with E-state index in [1.54, 1.807) is 0 Å². The van der Waals surface area contributed by atoms with Gasteiger partial charge in [0.05, 0.1) is 18.4 Å². The maximum atomic E-state index is 12.8. The summed E-state index contributed by atoms with van der Waals surface area (Å²) in [5, 5.41) is 0.634. The lowest BCUT2D eigenvalue weighted by Gasteiger charge is -2.43. The average Bonchev–Trinajstić information content (AvgIpc) is 3.34. The molecule has 0 aromatic heterocycles. The van der Waals surface area contributed by atoms with Gasteiger partial charge in [0.1, 0.15) is 6.10 Å². The van der Waals surface area contributed by atoms with Gasteiger partial charge in [-0.3, -0.25) is 9.59 Å². The van der Waals surface area contributed by atoms with E-state index in [9.17, 15) is 9.59 Å². The van der Waals surface area contributed by atoms with Crippen LogP contribution in [0.25, 0.3) is 0 Å². The Bertz CT molecular complexity index is 682. The lowest BCUT2D eigenvalue weighted by Crippen LogP contribution is -2.49. The standard InChI is InChI=1S/C19H24O4S2/c1-6-7-2-8(15(6)25)12-13(7)17(20)23-16(12)19-3-9(11(24)4-19)10-5-22-18(21)14(10)19/h6-16,24-25H,2-5H2,1H3. The van der Waals surface area contributed by atoms with Crippen molar-refractivity contribution in [1.29, 1.82) is 0 Å². The summed E-state index contributed by atoms with van der Waals surface area (Å²) in [7, 11) is 0. The van der Waals surface area contributed by atoms with Gasteiger partial charge in [0.2, 0.25) is 0 Å². The van der Waals surface area contributed by atoms with Crippen molar-refractivity contribution in [3.63, 3.8) is 0 Å². The number of esters is 2. The van der Waals surface area contributed by atoms with E-state index in [2.05, 4.69) is 6.92 Å². The van der Waals surface area contributed by atoms with Gasteiger partial charge in [0, 0.05) is 27.8 Å². The van der Waals surface area contributed by atoms with Crippen LogP contribution in [0.15, 0.2) is 0 Å². The third kappa shape index (κ3) is 1.62. The van der Waals surface area contributed by atoms with E-state index < -0.39 is 0 Å². The molecule has 12 unspecified atom stereocenters. The summed E-state index contributed by atoms with van der Waals surface area (Å²) in [6.45, 7) is 2.76. The second-order valence-corrected chi connectivity index (χ2v) is 10.8. The molecule has 4 saturated carbocycles. The third-order valence-corrected chi connectivity index (χ3v) is 10.4. The Hall–Kier alpha value is -0.360. The van der Waals surface area contributed by atoms with Crippen LogP contribution in [-0.4, -0.2) is 35.1 Å². The minimum absolute atomic E-state index is 0.0158. The number of carbonyl (C=O) groups excluding carboxylic acids is 2. The first kappa shape index (κ1) is 15.7. The minimum atomic E-state index is -0.244. The number of rotatable bonds is 1. The van der Waals surface area contributed by atoms with Crippen molar-refractivity contribution < 1.29 is 19.1 Å². The van der Waals surface area contributed by atoms with Gasteiger partial charge < -0.3 is 9.47 Å². The lowest BCUT2D eigenvalue weighted by atomic mass is 9.61. The zero-order chi connectivity index (χ0) is 17.2. The first-order valence-corrected chi connectivity index (χ1v) is 10.7. The van der Waals surface area contributed by atoms with E-state index in [1.165, 1.54) is 0 Å². The van der Waals surface area contributed by atoms with Crippen molar-refractivity contribution in [1.82, 2.24) is 0 Å². The van der Waals surface area contributed by atoms with Gasteiger partial charge in [-0.05, 0) is 42.9 Å². The van der Waals surface area contributed by atoms with E-state index in [4.69, 9.17) is 34.7 Å². The van der Waals surface area contributed by atoms with Crippen molar-refractivity contribution in [2.75, 3.05) is 6.61 Å². The Kier molecular flexibility index (Phi) is 2.96.